The molecule has 0 aromatic heterocycles. The van der Waals surface area contributed by atoms with Gasteiger partial charge in [-0.1, -0.05) is 0 Å². The molecule has 0 aliphatic heterocycles. The zero-order valence-electron chi connectivity index (χ0n) is 21.5. The fourth-order valence-corrected chi connectivity index (χ4v) is 8.42. The summed E-state index contributed by atoms with van der Waals surface area (Å²) < 4.78 is 49.0. The molecule has 0 spiro atoms. The van der Waals surface area contributed by atoms with Gasteiger partial charge >= 0.3 is 26.4 Å². The highest BCUT2D eigenvalue weighted by Gasteiger charge is 2.47. The quantitative estimate of drug-likeness (QED) is 0.107. The van der Waals surface area contributed by atoms with E-state index in [9.17, 15) is 0 Å². The minimum atomic E-state index is -3.39. The Bertz CT molecular complexity index is 415. The standard InChI is InChI=1S/C17H43NO12Si3/c1-19-28-33(29-20-2,30-21-3)17-14-18(12-10-15-31(22-4,23-5)24-6)13-11-16-32(25-7,26-8)27-9/h10-17H2,1-9H3. The van der Waals surface area contributed by atoms with Gasteiger partial charge in [0.1, 0.15) is 0 Å². The van der Waals surface area contributed by atoms with Crippen molar-refractivity contribution in [2.75, 3.05) is 83.6 Å². The topological polar surface area (TPSA) is 114 Å². The summed E-state index contributed by atoms with van der Waals surface area (Å²) in [6, 6.07) is 1.69. The van der Waals surface area contributed by atoms with E-state index in [-0.39, 0.29) is 0 Å². The average Bonchev–Trinajstić information content (AvgIpc) is 2.84. The molecule has 0 atom stereocenters. The molecule has 0 radical (unpaired) electrons. The van der Waals surface area contributed by atoms with Gasteiger partial charge in [0.25, 0.3) is 0 Å². The molecule has 0 aromatic carbocycles. The van der Waals surface area contributed by atoms with Crippen LogP contribution in [0.2, 0.25) is 18.1 Å². The highest BCUT2D eigenvalue weighted by Crippen LogP contribution is 2.21. The Morgan fingerprint density at radius 1 is 0.424 bits per heavy atom. The number of rotatable bonds is 23. The highest BCUT2D eigenvalue weighted by atomic mass is 28.4. The normalized spacial score (nSPS) is 13.3. The van der Waals surface area contributed by atoms with Crippen LogP contribution in [0.25, 0.3) is 0 Å². The van der Waals surface area contributed by atoms with Crippen molar-refractivity contribution in [3.05, 3.63) is 0 Å². The summed E-state index contributed by atoms with van der Waals surface area (Å²) in [6.45, 7) is 2.04. The van der Waals surface area contributed by atoms with Crippen LogP contribution in [0.1, 0.15) is 12.8 Å². The van der Waals surface area contributed by atoms with Gasteiger partial charge in [-0.2, -0.15) is 0 Å². The minimum absolute atomic E-state index is 0.353. The Morgan fingerprint density at radius 2 is 0.758 bits per heavy atom. The SMILES string of the molecule is COO[Si](CCN(CCC[Si](OC)(OC)OC)CCC[Si](OC)(OC)OC)(OOC)OOC. The predicted octanol–water partition coefficient (Wildman–Crippen LogP) is 1.50. The van der Waals surface area contributed by atoms with Crippen molar-refractivity contribution in [3.63, 3.8) is 0 Å². The van der Waals surface area contributed by atoms with Crippen molar-refractivity contribution in [1.82, 2.24) is 4.90 Å². The first kappa shape index (κ1) is 33.1. The van der Waals surface area contributed by atoms with E-state index in [2.05, 4.69) is 4.90 Å². The van der Waals surface area contributed by atoms with Gasteiger partial charge in [-0.3, -0.25) is 0 Å². The number of hydrogen-bond donors (Lipinski definition) is 0. The summed E-state index contributed by atoms with van der Waals surface area (Å²) in [7, 11) is 5.01. The molecule has 0 heterocycles. The van der Waals surface area contributed by atoms with Gasteiger partial charge in [-0.25, -0.2) is 28.4 Å². The first-order valence-electron chi connectivity index (χ1n) is 10.5. The molecule has 0 saturated heterocycles. The van der Waals surface area contributed by atoms with Crippen molar-refractivity contribution in [1.29, 1.82) is 0 Å². The van der Waals surface area contributed by atoms with Crippen LogP contribution < -0.4 is 0 Å². The lowest BCUT2D eigenvalue weighted by Gasteiger charge is -2.30. The molecule has 0 aliphatic carbocycles. The fraction of sp³-hybridized carbons (Fsp3) is 1.00. The van der Waals surface area contributed by atoms with Gasteiger partial charge < -0.3 is 31.5 Å². The summed E-state index contributed by atoms with van der Waals surface area (Å²) in [4.78, 5) is 16.7. The zero-order valence-corrected chi connectivity index (χ0v) is 24.5. The van der Waals surface area contributed by atoms with Crippen molar-refractivity contribution in [3.8, 4) is 0 Å². The van der Waals surface area contributed by atoms with Crippen molar-refractivity contribution in [2.24, 2.45) is 0 Å². The van der Waals surface area contributed by atoms with E-state index in [1.807, 2.05) is 0 Å². The van der Waals surface area contributed by atoms with Crippen LogP contribution >= 0.6 is 0 Å². The van der Waals surface area contributed by atoms with Crippen LogP contribution in [0, 0.1) is 0 Å². The molecular weight excluding hydrogens is 494 g/mol. The molecule has 33 heavy (non-hydrogen) atoms. The largest absolute Gasteiger partial charge is 0.585 e. The first-order valence-corrected chi connectivity index (χ1v) is 16.3. The molecule has 0 rings (SSSR count). The van der Waals surface area contributed by atoms with Crippen LogP contribution in [-0.4, -0.2) is 115 Å². The molecule has 0 amide bonds. The summed E-state index contributed by atoms with van der Waals surface area (Å²) >= 11 is 0. The Kier molecular flexibility index (Phi) is 18.5. The van der Waals surface area contributed by atoms with E-state index in [0.717, 1.165) is 25.9 Å². The van der Waals surface area contributed by atoms with Crippen molar-refractivity contribution < 1.29 is 54.9 Å². The van der Waals surface area contributed by atoms with Gasteiger partial charge in [-0.05, 0) is 25.9 Å². The molecule has 200 valence electrons. The van der Waals surface area contributed by atoms with E-state index in [1.165, 1.54) is 21.3 Å². The molecule has 0 bridgehead atoms. The van der Waals surface area contributed by atoms with Crippen LogP contribution in [0.5, 0.6) is 0 Å². The van der Waals surface area contributed by atoms with Gasteiger partial charge in [0, 0.05) is 67.3 Å². The summed E-state index contributed by atoms with van der Waals surface area (Å²) in [5.41, 5.74) is 0. The van der Waals surface area contributed by atoms with E-state index >= 15 is 0 Å². The highest BCUT2D eigenvalue weighted by molar-refractivity contribution is 6.61. The smallest absolute Gasteiger partial charge is 0.377 e. The second-order valence-corrected chi connectivity index (χ2v) is 15.4. The van der Waals surface area contributed by atoms with E-state index < -0.39 is 26.4 Å². The zero-order chi connectivity index (χ0) is 25.2. The Morgan fingerprint density at radius 3 is 1.03 bits per heavy atom. The molecular formula is C17H43NO12Si3. The lowest BCUT2D eigenvalue weighted by atomic mass is 10.3. The van der Waals surface area contributed by atoms with Crippen molar-refractivity contribution >= 4 is 26.4 Å². The summed E-state index contributed by atoms with van der Waals surface area (Å²) in [5, 5.41) is 0. The van der Waals surface area contributed by atoms with E-state index in [4.69, 9.17) is 54.9 Å². The second kappa shape index (κ2) is 18.4. The molecule has 0 unspecified atom stereocenters. The monoisotopic (exact) mass is 537 g/mol. The van der Waals surface area contributed by atoms with Gasteiger partial charge in [0.05, 0.1) is 21.3 Å². The second-order valence-electron chi connectivity index (χ2n) is 6.82. The molecule has 0 aliphatic rings. The molecule has 0 aromatic rings. The van der Waals surface area contributed by atoms with Crippen LogP contribution in [0.15, 0.2) is 0 Å². The molecule has 0 saturated carbocycles. The maximum atomic E-state index is 5.53. The lowest BCUT2D eigenvalue weighted by Crippen LogP contribution is -2.48. The third kappa shape index (κ3) is 11.6. The molecule has 16 heteroatoms. The summed E-state index contributed by atoms with van der Waals surface area (Å²) in [5.74, 6) is 0. The van der Waals surface area contributed by atoms with E-state index in [0.29, 0.717) is 24.7 Å². The van der Waals surface area contributed by atoms with Crippen LogP contribution in [0.3, 0.4) is 0 Å². The van der Waals surface area contributed by atoms with Gasteiger partial charge in [0.15, 0.2) is 0 Å². The fourth-order valence-electron chi connectivity index (χ4n) is 3.33. The number of hydrogen-bond acceptors (Lipinski definition) is 13. The average molecular weight is 538 g/mol. The molecule has 0 N–H and O–H groups in total. The Hall–Kier alpha value is 0.131. The number of nitrogens with zero attached hydrogens (tertiary/aromatic N) is 1. The predicted molar refractivity (Wildman–Crippen MR) is 124 cm³/mol. The Balaban J connectivity index is 5.25. The van der Waals surface area contributed by atoms with Gasteiger partial charge in [-0.15, -0.1) is 0 Å². The third-order valence-electron chi connectivity index (χ3n) is 5.15. The lowest BCUT2D eigenvalue weighted by molar-refractivity contribution is -0.343. The maximum Gasteiger partial charge on any atom is 0.585 e. The first-order chi connectivity index (χ1) is 15.8. The van der Waals surface area contributed by atoms with Crippen molar-refractivity contribution in [2.45, 2.75) is 31.0 Å². The molecule has 13 nitrogen and oxygen atoms in total. The minimum Gasteiger partial charge on any atom is -0.377 e. The Labute approximate surface area is 201 Å². The van der Waals surface area contributed by atoms with Crippen LogP contribution in [0.4, 0.5) is 0 Å². The van der Waals surface area contributed by atoms with Gasteiger partial charge in [0.2, 0.25) is 0 Å². The maximum absolute atomic E-state index is 5.53. The molecule has 0 fully saturated rings. The third-order valence-corrected chi connectivity index (χ3v) is 12.9. The van der Waals surface area contributed by atoms with Crippen LogP contribution in [-0.2, 0) is 54.9 Å². The van der Waals surface area contributed by atoms with E-state index in [1.54, 1.807) is 42.7 Å². The summed E-state index contributed by atoms with van der Waals surface area (Å²) in [6.07, 6.45) is 1.58.